The molecule has 0 aromatic heterocycles. The maximum absolute atomic E-state index is 12.9. The first-order chi connectivity index (χ1) is 35.2. The average molecular weight is 1040 g/mol. The highest BCUT2D eigenvalue weighted by atomic mass is 31.2. The Bertz CT molecular complexity index is 1440. The molecule has 3 atom stereocenters. The maximum atomic E-state index is 12.9. The highest BCUT2D eigenvalue weighted by molar-refractivity contribution is 7.47. The fourth-order valence-corrected chi connectivity index (χ4v) is 8.77. The standard InChI is InChI=1S/C60H107O11P/c1-4-7-10-13-16-19-22-24-26-28-30-32-35-38-41-44-47-50-59(63)70-56(52-61)54-68-72(65,66)69-55-57(53-67-58(62)49-46-43-40-37-34-21-18-15-12-9-6-3)71-60(64)51-48-45-42-39-36-33-31-29-27-25-23-20-17-14-11-8-5-2/h8,11,17,20,24-27,31,33,56-57,61H,4-7,9-10,12-16,18-19,21-23,28-30,32,34-55H2,1-3H3,(H,65,66)/b11-8-,20-17-,26-24-,27-25-,33-31-. The Morgan fingerprint density at radius 1 is 0.403 bits per heavy atom. The van der Waals surface area contributed by atoms with Gasteiger partial charge >= 0.3 is 25.7 Å². The van der Waals surface area contributed by atoms with Crippen LogP contribution in [0.4, 0.5) is 0 Å². The Balaban J connectivity index is 4.69. The molecule has 0 rings (SSSR count). The second-order valence-electron chi connectivity index (χ2n) is 19.4. The van der Waals surface area contributed by atoms with Crippen LogP contribution in [-0.2, 0) is 42.2 Å². The molecule has 0 aromatic rings. The summed E-state index contributed by atoms with van der Waals surface area (Å²) in [5.74, 6) is -1.49. The van der Waals surface area contributed by atoms with Crippen LogP contribution in [0.3, 0.4) is 0 Å². The Morgan fingerprint density at radius 3 is 1.12 bits per heavy atom. The van der Waals surface area contributed by atoms with Crippen molar-refractivity contribution in [1.82, 2.24) is 0 Å². The summed E-state index contributed by atoms with van der Waals surface area (Å²) in [6.45, 7) is 4.51. The van der Waals surface area contributed by atoms with Crippen molar-refractivity contribution < 1.29 is 52.2 Å². The number of esters is 3. The second kappa shape index (κ2) is 54.4. The molecule has 0 saturated heterocycles. The summed E-state index contributed by atoms with van der Waals surface area (Å²) in [5.41, 5.74) is 0. The van der Waals surface area contributed by atoms with Crippen molar-refractivity contribution in [3.8, 4) is 0 Å². The Labute approximate surface area is 440 Å². The normalized spacial score (nSPS) is 13.8. The summed E-state index contributed by atoms with van der Waals surface area (Å²) in [6, 6.07) is 0. The number of carbonyl (C=O) groups excluding carboxylic acids is 3. The first-order valence-corrected chi connectivity index (χ1v) is 30.7. The van der Waals surface area contributed by atoms with E-state index in [2.05, 4.69) is 81.5 Å². The van der Waals surface area contributed by atoms with Gasteiger partial charge in [-0.05, 0) is 83.5 Å². The van der Waals surface area contributed by atoms with Gasteiger partial charge < -0.3 is 24.2 Å². The molecular weight excluding hydrogens is 928 g/mol. The SMILES string of the molecule is CC/C=C\C/C=C\C/C=C\C/C=C\CCCCCCC(=O)OC(COC(=O)CCCCCCCCCCCCC)COP(=O)(O)OCC(CO)OC(=O)CCCCCCCCC/C=C\CCCCCCCC. The largest absolute Gasteiger partial charge is 0.472 e. The van der Waals surface area contributed by atoms with Gasteiger partial charge in [0.1, 0.15) is 12.7 Å². The average Bonchev–Trinajstić information content (AvgIpc) is 3.37. The van der Waals surface area contributed by atoms with E-state index in [4.69, 9.17) is 23.3 Å². The minimum atomic E-state index is -4.75. The van der Waals surface area contributed by atoms with E-state index < -0.39 is 57.8 Å². The maximum Gasteiger partial charge on any atom is 0.472 e. The van der Waals surface area contributed by atoms with Crippen molar-refractivity contribution in [2.45, 2.75) is 277 Å². The van der Waals surface area contributed by atoms with Crippen molar-refractivity contribution in [1.29, 1.82) is 0 Å². The minimum absolute atomic E-state index is 0.140. The Kier molecular flexibility index (Phi) is 52.3. The van der Waals surface area contributed by atoms with E-state index in [1.54, 1.807) is 0 Å². The van der Waals surface area contributed by atoms with Crippen molar-refractivity contribution in [3.63, 3.8) is 0 Å². The smallest absolute Gasteiger partial charge is 0.462 e. The molecule has 3 unspecified atom stereocenters. The number of allylic oxidation sites excluding steroid dienone is 10. The van der Waals surface area contributed by atoms with Gasteiger partial charge in [0.25, 0.3) is 0 Å². The van der Waals surface area contributed by atoms with Crippen molar-refractivity contribution >= 4 is 25.7 Å². The van der Waals surface area contributed by atoms with Crippen LogP contribution >= 0.6 is 7.82 Å². The third kappa shape index (κ3) is 52.1. The third-order valence-corrected chi connectivity index (χ3v) is 13.4. The minimum Gasteiger partial charge on any atom is -0.462 e. The molecule has 0 amide bonds. The summed E-state index contributed by atoms with van der Waals surface area (Å²) < 4.78 is 39.5. The van der Waals surface area contributed by atoms with E-state index in [0.717, 1.165) is 96.3 Å². The highest BCUT2D eigenvalue weighted by Crippen LogP contribution is 2.43. The predicted octanol–water partition coefficient (Wildman–Crippen LogP) is 17.1. The van der Waals surface area contributed by atoms with Crippen LogP contribution in [-0.4, -0.2) is 66.5 Å². The van der Waals surface area contributed by atoms with E-state index in [9.17, 15) is 28.9 Å². The molecule has 0 fully saturated rings. The fourth-order valence-electron chi connectivity index (χ4n) is 7.99. The quantitative estimate of drug-likeness (QED) is 0.0197. The molecule has 418 valence electrons. The number of phosphoric ester groups is 1. The third-order valence-electron chi connectivity index (χ3n) is 12.4. The molecule has 0 bridgehead atoms. The summed E-state index contributed by atoms with van der Waals surface area (Å²) in [4.78, 5) is 48.5. The number of unbranched alkanes of at least 4 members (excludes halogenated alkanes) is 27. The zero-order chi connectivity index (χ0) is 52.7. The van der Waals surface area contributed by atoms with Crippen LogP contribution in [0, 0.1) is 0 Å². The lowest BCUT2D eigenvalue weighted by Crippen LogP contribution is -2.30. The Hall–Kier alpha value is -2.82. The molecule has 11 nitrogen and oxygen atoms in total. The summed E-state index contributed by atoms with van der Waals surface area (Å²) in [5, 5.41) is 9.82. The zero-order valence-electron chi connectivity index (χ0n) is 46.1. The lowest BCUT2D eigenvalue weighted by molar-refractivity contribution is -0.161. The zero-order valence-corrected chi connectivity index (χ0v) is 47.0. The Morgan fingerprint density at radius 2 is 0.722 bits per heavy atom. The van der Waals surface area contributed by atoms with Crippen LogP contribution in [0.5, 0.6) is 0 Å². The first kappa shape index (κ1) is 69.2. The predicted molar refractivity (Wildman–Crippen MR) is 298 cm³/mol. The molecule has 0 aromatic carbocycles. The fraction of sp³-hybridized carbons (Fsp3) is 0.783. The van der Waals surface area contributed by atoms with Gasteiger partial charge in [-0.2, -0.15) is 0 Å². The molecule has 0 heterocycles. The molecule has 72 heavy (non-hydrogen) atoms. The summed E-state index contributed by atoms with van der Waals surface area (Å²) in [7, 11) is -4.75. The second-order valence-corrected chi connectivity index (χ2v) is 20.9. The molecule has 0 aliphatic carbocycles. The number of rotatable bonds is 54. The lowest BCUT2D eigenvalue weighted by atomic mass is 10.1. The van der Waals surface area contributed by atoms with Crippen molar-refractivity contribution in [2.75, 3.05) is 26.4 Å². The topological polar surface area (TPSA) is 155 Å². The number of phosphoric acid groups is 1. The first-order valence-electron chi connectivity index (χ1n) is 29.2. The molecular formula is C60H107O11P. The summed E-state index contributed by atoms with van der Waals surface area (Å²) in [6.07, 6.45) is 58.9. The number of aliphatic hydroxyl groups excluding tert-OH is 1. The number of aliphatic hydroxyl groups is 1. The van der Waals surface area contributed by atoms with Crippen LogP contribution in [0.25, 0.3) is 0 Å². The number of hydrogen-bond acceptors (Lipinski definition) is 10. The van der Waals surface area contributed by atoms with E-state index in [1.165, 1.54) is 109 Å². The van der Waals surface area contributed by atoms with E-state index in [1.807, 2.05) is 0 Å². The number of hydrogen-bond donors (Lipinski definition) is 2. The van der Waals surface area contributed by atoms with Crippen molar-refractivity contribution in [3.05, 3.63) is 60.8 Å². The van der Waals surface area contributed by atoms with Gasteiger partial charge in [-0.25, -0.2) is 4.57 Å². The molecule has 0 radical (unpaired) electrons. The van der Waals surface area contributed by atoms with Gasteiger partial charge in [0.2, 0.25) is 0 Å². The molecule has 0 aliphatic rings. The number of carbonyl (C=O) groups is 3. The molecule has 2 N–H and O–H groups in total. The molecule has 12 heteroatoms. The highest BCUT2D eigenvalue weighted by Gasteiger charge is 2.28. The van der Waals surface area contributed by atoms with Crippen molar-refractivity contribution in [2.24, 2.45) is 0 Å². The van der Waals surface area contributed by atoms with E-state index in [0.29, 0.717) is 19.3 Å². The van der Waals surface area contributed by atoms with Crippen LogP contribution in [0.1, 0.15) is 265 Å². The molecule has 0 saturated carbocycles. The van der Waals surface area contributed by atoms with E-state index in [-0.39, 0.29) is 25.9 Å². The van der Waals surface area contributed by atoms with Gasteiger partial charge in [-0.15, -0.1) is 0 Å². The van der Waals surface area contributed by atoms with Gasteiger partial charge in [0, 0.05) is 19.3 Å². The van der Waals surface area contributed by atoms with Crippen LogP contribution in [0.15, 0.2) is 60.8 Å². The van der Waals surface area contributed by atoms with Crippen LogP contribution in [0.2, 0.25) is 0 Å². The van der Waals surface area contributed by atoms with Crippen LogP contribution < -0.4 is 0 Å². The molecule has 0 aliphatic heterocycles. The van der Waals surface area contributed by atoms with Gasteiger partial charge in [-0.3, -0.25) is 23.4 Å². The lowest BCUT2D eigenvalue weighted by Gasteiger charge is -2.21. The van der Waals surface area contributed by atoms with Gasteiger partial charge in [0.05, 0.1) is 19.8 Å². The van der Waals surface area contributed by atoms with Gasteiger partial charge in [0.15, 0.2) is 6.10 Å². The monoisotopic (exact) mass is 1030 g/mol. The summed E-state index contributed by atoms with van der Waals surface area (Å²) >= 11 is 0. The number of ether oxygens (including phenoxy) is 3. The van der Waals surface area contributed by atoms with Gasteiger partial charge in [-0.1, -0.05) is 223 Å². The molecule has 0 spiro atoms. The van der Waals surface area contributed by atoms with E-state index >= 15 is 0 Å².